The molecular formula is C49H97NO5. The van der Waals surface area contributed by atoms with Crippen LogP contribution in [0.1, 0.15) is 254 Å². The second kappa shape index (κ2) is 37.2. The summed E-state index contributed by atoms with van der Waals surface area (Å²) in [5, 5.41) is 9.51. The van der Waals surface area contributed by atoms with Gasteiger partial charge in [-0.3, -0.25) is 9.59 Å². The molecule has 0 radical (unpaired) electrons. The van der Waals surface area contributed by atoms with E-state index >= 15 is 0 Å². The van der Waals surface area contributed by atoms with Crippen LogP contribution in [0, 0.1) is 10.8 Å². The van der Waals surface area contributed by atoms with Crippen molar-refractivity contribution in [1.82, 2.24) is 4.90 Å². The summed E-state index contributed by atoms with van der Waals surface area (Å²) < 4.78 is 11.8. The van der Waals surface area contributed by atoms with Crippen molar-refractivity contribution in [2.75, 3.05) is 32.8 Å². The fourth-order valence-corrected chi connectivity index (χ4v) is 7.84. The second-order valence-electron chi connectivity index (χ2n) is 18.6. The number of unbranched alkanes of at least 4 members (excludes halogenated alkanes) is 19. The minimum Gasteiger partial charge on any atom is -0.465 e. The van der Waals surface area contributed by atoms with Crippen LogP contribution in [0.5, 0.6) is 0 Å². The first kappa shape index (κ1) is 53.9. The van der Waals surface area contributed by atoms with E-state index in [0.717, 1.165) is 103 Å². The van der Waals surface area contributed by atoms with Gasteiger partial charge in [0.05, 0.1) is 12.0 Å². The lowest BCUT2D eigenvalue weighted by Gasteiger charge is -2.27. The van der Waals surface area contributed by atoms with Gasteiger partial charge >= 0.3 is 11.9 Å². The maximum atomic E-state index is 13.0. The van der Waals surface area contributed by atoms with E-state index in [1.54, 1.807) is 0 Å². The molecule has 0 saturated heterocycles. The number of carbonyl (C=O) groups excluding carboxylic acids is 2. The molecule has 0 unspecified atom stereocenters. The van der Waals surface area contributed by atoms with Crippen LogP contribution in [0.4, 0.5) is 0 Å². The predicted octanol–water partition coefficient (Wildman–Crippen LogP) is 14.3. The molecule has 0 aliphatic rings. The van der Waals surface area contributed by atoms with Gasteiger partial charge in [0.2, 0.25) is 0 Å². The molecule has 0 fully saturated rings. The van der Waals surface area contributed by atoms with E-state index in [1.807, 2.05) is 13.8 Å². The van der Waals surface area contributed by atoms with Crippen LogP contribution >= 0.6 is 0 Å². The number of esters is 2. The number of carbonyl (C=O) groups is 2. The number of hydrogen-bond donors (Lipinski definition) is 1. The van der Waals surface area contributed by atoms with Crippen molar-refractivity contribution in [2.24, 2.45) is 10.8 Å². The van der Waals surface area contributed by atoms with Gasteiger partial charge in [0.25, 0.3) is 0 Å². The van der Waals surface area contributed by atoms with Crippen molar-refractivity contribution in [3.8, 4) is 0 Å². The Morgan fingerprint density at radius 3 is 1.55 bits per heavy atom. The Bertz CT molecular complexity index is 842. The van der Waals surface area contributed by atoms with Crippen molar-refractivity contribution >= 4 is 11.9 Å². The summed E-state index contributed by atoms with van der Waals surface area (Å²) in [5.74, 6) is -0.0296. The van der Waals surface area contributed by atoms with Gasteiger partial charge in [0.1, 0.15) is 6.10 Å². The number of hydrogen-bond acceptors (Lipinski definition) is 6. The van der Waals surface area contributed by atoms with Crippen molar-refractivity contribution in [3.63, 3.8) is 0 Å². The molecule has 0 aliphatic heterocycles. The largest absolute Gasteiger partial charge is 0.465 e. The normalized spacial score (nSPS) is 12.3. The van der Waals surface area contributed by atoms with Crippen molar-refractivity contribution in [2.45, 2.75) is 260 Å². The number of ether oxygens (including phenoxy) is 2. The highest BCUT2D eigenvalue weighted by Gasteiger charge is 2.28. The minimum atomic E-state index is -0.412. The second-order valence-corrected chi connectivity index (χ2v) is 18.6. The van der Waals surface area contributed by atoms with Crippen LogP contribution in [0.3, 0.4) is 0 Å². The van der Waals surface area contributed by atoms with Gasteiger partial charge in [-0.15, -0.1) is 0 Å². The SMILES string of the molecule is CCCCCCCCCOC(=O)C(C)(C)CCCCCCN(CCCO)CCCC(C)(C)CCCC(=O)OC(CCCCCCCC)CCCCCCCC. The van der Waals surface area contributed by atoms with Gasteiger partial charge in [-0.2, -0.15) is 0 Å². The number of rotatable bonds is 42. The molecule has 6 heteroatoms. The van der Waals surface area contributed by atoms with Crippen LogP contribution in [0.15, 0.2) is 0 Å². The molecule has 0 aromatic heterocycles. The number of aliphatic hydroxyl groups excluding tert-OH is 1. The lowest BCUT2D eigenvalue weighted by Crippen LogP contribution is -2.29. The molecule has 55 heavy (non-hydrogen) atoms. The summed E-state index contributed by atoms with van der Waals surface area (Å²) in [6, 6.07) is 0. The molecule has 6 nitrogen and oxygen atoms in total. The monoisotopic (exact) mass is 780 g/mol. The fraction of sp³-hybridized carbons (Fsp3) is 0.959. The maximum absolute atomic E-state index is 13.0. The molecule has 328 valence electrons. The average Bonchev–Trinajstić information content (AvgIpc) is 3.15. The van der Waals surface area contributed by atoms with Crippen LogP contribution in [0.2, 0.25) is 0 Å². The van der Waals surface area contributed by atoms with E-state index in [2.05, 4.69) is 39.5 Å². The van der Waals surface area contributed by atoms with Crippen LogP contribution in [-0.4, -0.2) is 60.9 Å². The highest BCUT2D eigenvalue weighted by molar-refractivity contribution is 5.75. The summed E-state index contributed by atoms with van der Waals surface area (Å²) in [7, 11) is 0. The molecular weight excluding hydrogens is 683 g/mol. The molecule has 0 aromatic rings. The fourth-order valence-electron chi connectivity index (χ4n) is 7.84. The Morgan fingerprint density at radius 2 is 0.982 bits per heavy atom. The quantitative estimate of drug-likeness (QED) is 0.0491. The van der Waals surface area contributed by atoms with Crippen LogP contribution in [-0.2, 0) is 19.1 Å². The topological polar surface area (TPSA) is 76.1 Å². The van der Waals surface area contributed by atoms with Crippen molar-refractivity contribution < 1.29 is 24.2 Å². The van der Waals surface area contributed by atoms with E-state index in [9.17, 15) is 14.7 Å². The number of nitrogens with zero attached hydrogens (tertiary/aromatic N) is 1. The van der Waals surface area contributed by atoms with Crippen LogP contribution in [0.25, 0.3) is 0 Å². The van der Waals surface area contributed by atoms with E-state index in [4.69, 9.17) is 9.47 Å². The molecule has 0 aliphatic carbocycles. The molecule has 0 heterocycles. The van der Waals surface area contributed by atoms with E-state index in [-0.39, 0.29) is 30.1 Å². The highest BCUT2D eigenvalue weighted by Crippen LogP contribution is 2.30. The van der Waals surface area contributed by atoms with Crippen LogP contribution < -0.4 is 0 Å². The molecule has 0 spiro atoms. The van der Waals surface area contributed by atoms with Gasteiger partial charge in [-0.25, -0.2) is 0 Å². The molecule has 0 atom stereocenters. The Balaban J connectivity index is 4.43. The Morgan fingerprint density at radius 1 is 0.527 bits per heavy atom. The molecule has 0 aromatic carbocycles. The van der Waals surface area contributed by atoms with E-state index in [0.29, 0.717) is 13.0 Å². The Hall–Kier alpha value is -1.14. The average molecular weight is 780 g/mol. The third-order valence-electron chi connectivity index (χ3n) is 11.8. The Kier molecular flexibility index (Phi) is 36.4. The van der Waals surface area contributed by atoms with Gasteiger partial charge in [-0.05, 0) is 109 Å². The lowest BCUT2D eigenvalue weighted by atomic mass is 9.82. The molecule has 0 saturated carbocycles. The maximum Gasteiger partial charge on any atom is 0.311 e. The lowest BCUT2D eigenvalue weighted by molar-refractivity contribution is -0.154. The summed E-state index contributed by atoms with van der Waals surface area (Å²) in [5.41, 5.74) is -0.216. The van der Waals surface area contributed by atoms with E-state index in [1.165, 1.54) is 116 Å². The summed E-state index contributed by atoms with van der Waals surface area (Å²) in [4.78, 5) is 28.2. The van der Waals surface area contributed by atoms with E-state index < -0.39 is 5.41 Å². The smallest absolute Gasteiger partial charge is 0.311 e. The predicted molar refractivity (Wildman–Crippen MR) is 237 cm³/mol. The first-order valence-corrected chi connectivity index (χ1v) is 24.2. The van der Waals surface area contributed by atoms with Gasteiger partial charge in [-0.1, -0.05) is 157 Å². The minimum absolute atomic E-state index is 0.00948. The summed E-state index contributed by atoms with van der Waals surface area (Å²) >= 11 is 0. The zero-order valence-electron chi connectivity index (χ0n) is 38.3. The zero-order chi connectivity index (χ0) is 40.9. The van der Waals surface area contributed by atoms with Crippen molar-refractivity contribution in [1.29, 1.82) is 0 Å². The third kappa shape index (κ3) is 34.6. The summed E-state index contributed by atoms with van der Waals surface area (Å²) in [6.45, 7) is 19.4. The van der Waals surface area contributed by atoms with Crippen molar-refractivity contribution in [3.05, 3.63) is 0 Å². The molecule has 1 N–H and O–H groups in total. The first-order valence-electron chi connectivity index (χ1n) is 24.2. The van der Waals surface area contributed by atoms with Gasteiger partial charge < -0.3 is 19.5 Å². The van der Waals surface area contributed by atoms with Gasteiger partial charge in [0.15, 0.2) is 0 Å². The highest BCUT2D eigenvalue weighted by atomic mass is 16.5. The third-order valence-corrected chi connectivity index (χ3v) is 11.8. The Labute approximate surface area is 343 Å². The molecule has 0 bridgehead atoms. The molecule has 0 amide bonds. The summed E-state index contributed by atoms with van der Waals surface area (Å²) in [6.07, 6.45) is 37.0. The standard InChI is InChI=1S/C49H97NO5/c1-8-11-14-17-20-25-30-44-54-47(53)49(6,7)39-28-23-24-29-40-50(42-33-43-51)41-32-38-48(4,5)37-31-36-46(52)55-45(34-26-21-18-15-12-9-2)35-27-22-19-16-13-10-3/h45,51H,8-44H2,1-7H3. The van der Waals surface area contributed by atoms with Gasteiger partial charge in [0, 0.05) is 19.6 Å². The number of aliphatic hydroxyl groups is 1. The molecule has 0 rings (SSSR count). The first-order chi connectivity index (χ1) is 26.5. The zero-order valence-corrected chi connectivity index (χ0v) is 38.3.